The number of ether oxygens (including phenoxy) is 1. The van der Waals surface area contributed by atoms with Gasteiger partial charge in [0.25, 0.3) is 0 Å². The number of carbonyl (C=O) groups is 2. The molecule has 3 rings (SSSR count). The Labute approximate surface area is 153 Å². The van der Waals surface area contributed by atoms with Crippen molar-refractivity contribution in [3.05, 3.63) is 29.8 Å². The van der Waals surface area contributed by atoms with Crippen molar-refractivity contribution >= 4 is 11.9 Å². The molecule has 0 radical (unpaired) electrons. The minimum absolute atomic E-state index is 0.144. The van der Waals surface area contributed by atoms with Crippen LogP contribution in [0.25, 0.3) is 0 Å². The summed E-state index contributed by atoms with van der Waals surface area (Å²) in [4.78, 5) is 24.2. The highest BCUT2D eigenvalue weighted by Crippen LogP contribution is 2.57. The van der Waals surface area contributed by atoms with Gasteiger partial charge in [0, 0.05) is 0 Å². The van der Waals surface area contributed by atoms with Gasteiger partial charge >= 0.3 is 5.97 Å². The lowest BCUT2D eigenvalue weighted by atomic mass is 9.68. The first-order valence-electron chi connectivity index (χ1n) is 9.14. The minimum atomic E-state index is -1.97. The van der Waals surface area contributed by atoms with Gasteiger partial charge in [-0.2, -0.15) is 0 Å². The molecule has 1 aromatic rings. The van der Waals surface area contributed by atoms with Crippen molar-refractivity contribution in [1.82, 2.24) is 5.32 Å². The molecule has 2 bridgehead atoms. The van der Waals surface area contributed by atoms with E-state index >= 15 is 0 Å². The molecule has 0 heterocycles. The quantitative estimate of drug-likeness (QED) is 0.690. The van der Waals surface area contributed by atoms with Crippen molar-refractivity contribution < 1.29 is 24.5 Å². The molecular weight excluding hydrogens is 334 g/mol. The maximum Gasteiger partial charge on any atom is 0.337 e. The predicted molar refractivity (Wildman–Crippen MR) is 95.8 cm³/mol. The number of carboxylic acid groups (broad SMARTS) is 1. The summed E-state index contributed by atoms with van der Waals surface area (Å²) >= 11 is 0. The average molecular weight is 361 g/mol. The van der Waals surface area contributed by atoms with Crippen LogP contribution in [0.5, 0.6) is 5.75 Å². The lowest BCUT2D eigenvalue weighted by molar-refractivity contribution is -0.156. The van der Waals surface area contributed by atoms with Gasteiger partial charge in [-0.15, -0.1) is 0 Å². The van der Waals surface area contributed by atoms with E-state index in [1.807, 2.05) is 24.3 Å². The third-order valence-electron chi connectivity index (χ3n) is 6.14. The summed E-state index contributed by atoms with van der Waals surface area (Å²) in [6.07, 6.45) is 4.65. The summed E-state index contributed by atoms with van der Waals surface area (Å²) in [6.45, 7) is 0.906. The van der Waals surface area contributed by atoms with Crippen LogP contribution in [-0.2, 0) is 16.0 Å². The van der Waals surface area contributed by atoms with Gasteiger partial charge in [0.1, 0.15) is 5.75 Å². The van der Waals surface area contributed by atoms with E-state index in [0.29, 0.717) is 18.3 Å². The van der Waals surface area contributed by atoms with Gasteiger partial charge in [-0.1, -0.05) is 18.6 Å². The summed E-state index contributed by atoms with van der Waals surface area (Å²) in [7, 11) is 1.62. The number of carboxylic acids is 1. The number of aliphatic hydroxyl groups is 1. The third-order valence-corrected chi connectivity index (χ3v) is 6.14. The molecule has 26 heavy (non-hydrogen) atoms. The van der Waals surface area contributed by atoms with Crippen LogP contribution in [0.3, 0.4) is 0 Å². The number of hydrogen-bond donors (Lipinski definition) is 3. The maximum absolute atomic E-state index is 13.1. The van der Waals surface area contributed by atoms with Gasteiger partial charge in [0.15, 0.2) is 5.60 Å². The fourth-order valence-electron chi connectivity index (χ4n) is 4.67. The van der Waals surface area contributed by atoms with E-state index in [-0.39, 0.29) is 12.5 Å². The molecule has 2 aliphatic rings. The van der Waals surface area contributed by atoms with Crippen LogP contribution in [0.4, 0.5) is 0 Å². The molecule has 0 spiro atoms. The Kier molecular flexibility index (Phi) is 4.97. The Bertz CT molecular complexity index is 701. The molecule has 1 aromatic carbocycles. The van der Waals surface area contributed by atoms with E-state index in [1.165, 1.54) is 6.92 Å². The van der Waals surface area contributed by atoms with Crippen LogP contribution in [0, 0.1) is 17.3 Å². The van der Waals surface area contributed by atoms with E-state index in [0.717, 1.165) is 37.0 Å². The molecule has 1 amide bonds. The van der Waals surface area contributed by atoms with Gasteiger partial charge < -0.3 is 20.3 Å². The van der Waals surface area contributed by atoms with Crippen molar-refractivity contribution in [2.45, 2.75) is 44.6 Å². The highest BCUT2D eigenvalue weighted by Gasteiger charge is 2.55. The summed E-state index contributed by atoms with van der Waals surface area (Å²) in [5.41, 5.74) is -1.47. The number of rotatable bonds is 7. The molecule has 2 saturated carbocycles. The highest BCUT2D eigenvalue weighted by atomic mass is 16.5. The number of fused-ring (bicyclic) bond motifs is 2. The van der Waals surface area contributed by atoms with Crippen LogP contribution in [0.2, 0.25) is 0 Å². The Morgan fingerprint density at radius 2 is 2.15 bits per heavy atom. The second-order valence-corrected chi connectivity index (χ2v) is 8.03. The zero-order valence-corrected chi connectivity index (χ0v) is 15.3. The fourth-order valence-corrected chi connectivity index (χ4v) is 4.67. The van der Waals surface area contributed by atoms with Crippen LogP contribution in [0.15, 0.2) is 24.3 Å². The standard InChI is InChI=1S/C20H27NO5/c1-19(25,18(23)24)12-21-17(22)20(11-14-6-7-15(20)8-14)10-13-4-3-5-16(9-13)26-2/h3-5,9,14-15,25H,6-8,10-12H2,1-2H3,(H,21,22)(H,23,24). The van der Waals surface area contributed by atoms with Crippen LogP contribution in [0.1, 0.15) is 38.2 Å². The maximum atomic E-state index is 13.1. The molecule has 6 nitrogen and oxygen atoms in total. The molecule has 0 aromatic heterocycles. The Balaban J connectivity index is 1.81. The molecule has 4 atom stereocenters. The van der Waals surface area contributed by atoms with Crippen molar-refractivity contribution in [2.75, 3.05) is 13.7 Å². The monoisotopic (exact) mass is 361 g/mol. The second-order valence-electron chi connectivity index (χ2n) is 8.03. The van der Waals surface area contributed by atoms with Crippen LogP contribution >= 0.6 is 0 Å². The zero-order chi connectivity index (χ0) is 18.9. The first-order chi connectivity index (χ1) is 12.3. The second kappa shape index (κ2) is 6.91. The van der Waals surface area contributed by atoms with E-state index in [9.17, 15) is 14.7 Å². The topological polar surface area (TPSA) is 95.9 Å². The van der Waals surface area contributed by atoms with Gasteiger partial charge in [-0.25, -0.2) is 4.79 Å². The lowest BCUT2D eigenvalue weighted by Crippen LogP contribution is -2.52. The molecule has 2 fully saturated rings. The fraction of sp³-hybridized carbons (Fsp3) is 0.600. The first kappa shape index (κ1) is 18.7. The Hall–Kier alpha value is -2.08. The average Bonchev–Trinajstić information content (AvgIpc) is 3.21. The van der Waals surface area contributed by atoms with Gasteiger partial charge in [-0.3, -0.25) is 4.79 Å². The lowest BCUT2D eigenvalue weighted by Gasteiger charge is -2.37. The smallest absolute Gasteiger partial charge is 0.337 e. The summed E-state index contributed by atoms with van der Waals surface area (Å²) in [5, 5.41) is 21.7. The van der Waals surface area contributed by atoms with Crippen molar-refractivity contribution in [3.63, 3.8) is 0 Å². The third kappa shape index (κ3) is 3.43. The zero-order valence-electron chi connectivity index (χ0n) is 15.3. The number of hydrogen-bond acceptors (Lipinski definition) is 4. The van der Waals surface area contributed by atoms with Crippen molar-refractivity contribution in [3.8, 4) is 5.75 Å². The van der Waals surface area contributed by atoms with E-state index in [4.69, 9.17) is 9.84 Å². The SMILES string of the molecule is COc1cccc(CC2(C(=O)NCC(C)(O)C(=O)O)CC3CCC2C3)c1. The molecule has 0 aliphatic heterocycles. The van der Waals surface area contributed by atoms with E-state index in [2.05, 4.69) is 5.32 Å². The molecule has 142 valence electrons. The summed E-state index contributed by atoms with van der Waals surface area (Å²) in [6, 6.07) is 7.74. The number of amides is 1. The van der Waals surface area contributed by atoms with Gasteiger partial charge in [0.2, 0.25) is 5.91 Å². The molecule has 6 heteroatoms. The number of benzene rings is 1. The molecule has 2 aliphatic carbocycles. The molecular formula is C20H27NO5. The van der Waals surface area contributed by atoms with Crippen molar-refractivity contribution in [2.24, 2.45) is 17.3 Å². The Morgan fingerprint density at radius 3 is 2.73 bits per heavy atom. The number of aliphatic carboxylic acids is 1. The largest absolute Gasteiger partial charge is 0.497 e. The van der Waals surface area contributed by atoms with Gasteiger partial charge in [0.05, 0.1) is 19.1 Å². The number of methoxy groups -OCH3 is 1. The Morgan fingerprint density at radius 1 is 1.38 bits per heavy atom. The summed E-state index contributed by atoms with van der Waals surface area (Å²) in [5.74, 6) is 0.126. The number of carbonyl (C=O) groups excluding carboxylic acids is 1. The van der Waals surface area contributed by atoms with E-state index in [1.54, 1.807) is 7.11 Å². The molecule has 4 unspecified atom stereocenters. The normalized spacial score (nSPS) is 29.2. The molecule has 3 N–H and O–H groups in total. The minimum Gasteiger partial charge on any atom is -0.497 e. The van der Waals surface area contributed by atoms with Crippen LogP contribution < -0.4 is 10.1 Å². The highest BCUT2D eigenvalue weighted by molar-refractivity contribution is 5.85. The number of nitrogens with one attached hydrogen (secondary N) is 1. The molecule has 0 saturated heterocycles. The van der Waals surface area contributed by atoms with Gasteiger partial charge in [-0.05, 0) is 62.1 Å². The predicted octanol–water partition coefficient (Wildman–Crippen LogP) is 2.00. The first-order valence-corrected chi connectivity index (χ1v) is 9.14. The van der Waals surface area contributed by atoms with Crippen LogP contribution in [-0.4, -0.2) is 41.3 Å². The van der Waals surface area contributed by atoms with E-state index < -0.39 is 17.0 Å². The summed E-state index contributed by atoms with van der Waals surface area (Å²) < 4.78 is 5.29. The van der Waals surface area contributed by atoms with Crippen molar-refractivity contribution in [1.29, 1.82) is 0 Å².